The maximum Gasteiger partial charge on any atom is 0.250 e. The fraction of sp³-hybridized carbons (Fsp3) is 0.429. The maximum atomic E-state index is 11.7. The molecule has 0 aliphatic rings. The fourth-order valence-electron chi connectivity index (χ4n) is 0.772. The molecule has 0 fully saturated rings. The van der Waals surface area contributed by atoms with Crippen LogP contribution in [-0.2, 0) is 6.42 Å². The molecule has 0 unspecified atom stereocenters. The molecule has 60 valence electrons. The Morgan fingerprint density at radius 2 is 2.45 bits per heavy atom. The number of halogens is 1. The van der Waals surface area contributed by atoms with Crippen LogP contribution in [-0.4, -0.2) is 16.6 Å². The van der Waals surface area contributed by atoms with Crippen molar-refractivity contribution in [2.75, 3.05) is 6.67 Å². The summed E-state index contributed by atoms with van der Waals surface area (Å²) in [7, 11) is 0. The van der Waals surface area contributed by atoms with E-state index < -0.39 is 0 Å². The molecular formula is C7H9FN2O. The molecule has 0 aliphatic carbocycles. The summed E-state index contributed by atoms with van der Waals surface area (Å²) in [5, 5.41) is 0. The van der Waals surface area contributed by atoms with E-state index in [0.29, 0.717) is 18.7 Å². The van der Waals surface area contributed by atoms with Gasteiger partial charge in [-0.2, -0.15) is 0 Å². The van der Waals surface area contributed by atoms with Gasteiger partial charge in [0.25, 0.3) is 5.56 Å². The second kappa shape index (κ2) is 3.85. The Hall–Kier alpha value is -1.19. The number of H-pyrrole nitrogens is 1. The van der Waals surface area contributed by atoms with E-state index in [0.717, 1.165) is 0 Å². The number of nitrogens with zero attached hydrogens (tertiary/aromatic N) is 1. The van der Waals surface area contributed by atoms with Crippen molar-refractivity contribution in [3.8, 4) is 0 Å². The highest BCUT2D eigenvalue weighted by atomic mass is 19.1. The first-order valence-electron chi connectivity index (χ1n) is 3.43. The number of hydrogen-bond acceptors (Lipinski definition) is 2. The third-order valence-electron chi connectivity index (χ3n) is 1.27. The van der Waals surface area contributed by atoms with Crippen LogP contribution in [0.4, 0.5) is 4.39 Å². The molecule has 0 aromatic carbocycles. The Balaban J connectivity index is 2.64. The van der Waals surface area contributed by atoms with E-state index in [9.17, 15) is 9.18 Å². The lowest BCUT2D eigenvalue weighted by Gasteiger charge is -1.94. The SMILES string of the molecule is O=c1ccnc(CCCF)[nH]1. The standard InChI is InChI=1S/C7H9FN2O/c8-4-1-2-6-9-5-3-7(11)10-6/h3,5H,1-2,4H2,(H,9,10,11). The van der Waals surface area contributed by atoms with Crippen LogP contribution in [0.25, 0.3) is 0 Å². The summed E-state index contributed by atoms with van der Waals surface area (Å²) in [4.78, 5) is 17.0. The van der Waals surface area contributed by atoms with Gasteiger partial charge in [-0.15, -0.1) is 0 Å². The first-order valence-corrected chi connectivity index (χ1v) is 3.43. The average Bonchev–Trinajstić information content (AvgIpc) is 2.01. The Bertz CT molecular complexity index is 271. The van der Waals surface area contributed by atoms with Crippen molar-refractivity contribution >= 4 is 0 Å². The quantitative estimate of drug-likeness (QED) is 0.699. The number of alkyl halides is 1. The number of aryl methyl sites for hydroxylation is 1. The number of aromatic amines is 1. The maximum absolute atomic E-state index is 11.7. The predicted octanol–water partition coefficient (Wildman–Crippen LogP) is 0.672. The van der Waals surface area contributed by atoms with Gasteiger partial charge in [0, 0.05) is 18.7 Å². The van der Waals surface area contributed by atoms with Gasteiger partial charge in [-0.1, -0.05) is 0 Å². The summed E-state index contributed by atoms with van der Waals surface area (Å²) in [5.41, 5.74) is -0.186. The van der Waals surface area contributed by atoms with Crippen LogP contribution in [0.3, 0.4) is 0 Å². The van der Waals surface area contributed by atoms with Gasteiger partial charge in [0.2, 0.25) is 0 Å². The van der Waals surface area contributed by atoms with E-state index in [1.807, 2.05) is 0 Å². The van der Waals surface area contributed by atoms with Crippen LogP contribution in [0.15, 0.2) is 17.1 Å². The molecule has 11 heavy (non-hydrogen) atoms. The zero-order chi connectivity index (χ0) is 8.10. The van der Waals surface area contributed by atoms with E-state index in [1.54, 1.807) is 0 Å². The Labute approximate surface area is 63.3 Å². The van der Waals surface area contributed by atoms with Gasteiger partial charge in [0.05, 0.1) is 6.67 Å². The number of aromatic nitrogens is 2. The normalized spacial score (nSPS) is 9.91. The minimum Gasteiger partial charge on any atom is -0.311 e. The van der Waals surface area contributed by atoms with Gasteiger partial charge >= 0.3 is 0 Å². The minimum atomic E-state index is -0.376. The fourth-order valence-corrected chi connectivity index (χ4v) is 0.772. The lowest BCUT2D eigenvalue weighted by atomic mass is 10.3. The van der Waals surface area contributed by atoms with E-state index in [2.05, 4.69) is 9.97 Å². The van der Waals surface area contributed by atoms with Crippen molar-refractivity contribution in [2.24, 2.45) is 0 Å². The van der Waals surface area contributed by atoms with Crippen LogP contribution in [0.2, 0.25) is 0 Å². The molecule has 0 amide bonds. The van der Waals surface area contributed by atoms with E-state index >= 15 is 0 Å². The summed E-state index contributed by atoms with van der Waals surface area (Å²) in [6.45, 7) is -0.376. The van der Waals surface area contributed by atoms with Gasteiger partial charge in [-0.3, -0.25) is 9.18 Å². The molecule has 0 saturated heterocycles. The number of hydrogen-bond donors (Lipinski definition) is 1. The summed E-state index contributed by atoms with van der Waals surface area (Å²) < 4.78 is 11.7. The van der Waals surface area contributed by atoms with Gasteiger partial charge < -0.3 is 4.98 Å². The molecule has 1 aromatic heterocycles. The Morgan fingerprint density at radius 1 is 1.64 bits per heavy atom. The minimum absolute atomic E-state index is 0.186. The number of nitrogens with one attached hydrogen (secondary N) is 1. The summed E-state index contributed by atoms with van der Waals surface area (Å²) in [6.07, 6.45) is 2.33. The van der Waals surface area contributed by atoms with Gasteiger partial charge in [-0.25, -0.2) is 4.98 Å². The first kappa shape index (κ1) is 7.91. The van der Waals surface area contributed by atoms with E-state index in [4.69, 9.17) is 0 Å². The second-order valence-electron chi connectivity index (χ2n) is 2.17. The van der Waals surface area contributed by atoms with Crippen LogP contribution in [0.1, 0.15) is 12.2 Å². The van der Waals surface area contributed by atoms with Crippen LogP contribution < -0.4 is 5.56 Å². The highest BCUT2D eigenvalue weighted by molar-refractivity contribution is 4.89. The zero-order valence-corrected chi connectivity index (χ0v) is 6.01. The first-order chi connectivity index (χ1) is 5.33. The molecule has 0 spiro atoms. The van der Waals surface area contributed by atoms with Crippen LogP contribution in [0.5, 0.6) is 0 Å². The lowest BCUT2D eigenvalue weighted by Crippen LogP contribution is -2.08. The zero-order valence-electron chi connectivity index (χ0n) is 6.01. The molecule has 1 rings (SSSR count). The molecule has 4 heteroatoms. The van der Waals surface area contributed by atoms with E-state index in [1.165, 1.54) is 12.3 Å². The molecule has 1 N–H and O–H groups in total. The lowest BCUT2D eigenvalue weighted by molar-refractivity contribution is 0.469. The third kappa shape index (κ3) is 2.49. The van der Waals surface area contributed by atoms with Crippen LogP contribution in [0, 0.1) is 0 Å². The topological polar surface area (TPSA) is 45.8 Å². The second-order valence-corrected chi connectivity index (χ2v) is 2.17. The molecule has 0 radical (unpaired) electrons. The van der Waals surface area contributed by atoms with Crippen LogP contribution >= 0.6 is 0 Å². The van der Waals surface area contributed by atoms with Crippen molar-refractivity contribution in [3.05, 3.63) is 28.4 Å². The summed E-state index contributed by atoms with van der Waals surface area (Å²) in [5.74, 6) is 0.551. The molecule has 0 aliphatic heterocycles. The molecule has 3 nitrogen and oxygen atoms in total. The molecular weight excluding hydrogens is 147 g/mol. The highest BCUT2D eigenvalue weighted by Crippen LogP contribution is 1.91. The Morgan fingerprint density at radius 3 is 3.09 bits per heavy atom. The average molecular weight is 156 g/mol. The van der Waals surface area contributed by atoms with Crippen molar-refractivity contribution in [3.63, 3.8) is 0 Å². The highest BCUT2D eigenvalue weighted by Gasteiger charge is 1.93. The third-order valence-corrected chi connectivity index (χ3v) is 1.27. The molecule has 0 bridgehead atoms. The molecule has 0 atom stereocenters. The van der Waals surface area contributed by atoms with Crippen molar-refractivity contribution in [1.29, 1.82) is 0 Å². The van der Waals surface area contributed by atoms with Gasteiger partial charge in [0.1, 0.15) is 5.82 Å². The Kier molecular flexibility index (Phi) is 2.77. The van der Waals surface area contributed by atoms with E-state index in [-0.39, 0.29) is 12.2 Å². The predicted molar refractivity (Wildman–Crippen MR) is 39.2 cm³/mol. The monoisotopic (exact) mass is 156 g/mol. The summed E-state index contributed by atoms with van der Waals surface area (Å²) >= 11 is 0. The number of rotatable bonds is 3. The smallest absolute Gasteiger partial charge is 0.250 e. The van der Waals surface area contributed by atoms with Crippen molar-refractivity contribution in [1.82, 2.24) is 9.97 Å². The van der Waals surface area contributed by atoms with Gasteiger partial charge in [-0.05, 0) is 6.42 Å². The largest absolute Gasteiger partial charge is 0.311 e. The summed E-state index contributed by atoms with van der Waals surface area (Å²) in [6, 6.07) is 1.33. The molecule has 1 heterocycles. The molecule has 1 aromatic rings. The molecule has 0 saturated carbocycles. The van der Waals surface area contributed by atoms with Crippen molar-refractivity contribution in [2.45, 2.75) is 12.8 Å². The van der Waals surface area contributed by atoms with Gasteiger partial charge in [0.15, 0.2) is 0 Å². The van der Waals surface area contributed by atoms with Crippen molar-refractivity contribution < 1.29 is 4.39 Å².